The Balaban J connectivity index is 2.69. The quantitative estimate of drug-likeness (QED) is 0.642. The summed E-state index contributed by atoms with van der Waals surface area (Å²) in [5.41, 5.74) is 7.02. The normalized spacial score (nSPS) is 13.2. The smallest absolute Gasteiger partial charge is 0.238 e. The molecule has 0 bridgehead atoms. The summed E-state index contributed by atoms with van der Waals surface area (Å²) in [4.78, 5) is 0.0403. The van der Waals surface area contributed by atoms with E-state index in [9.17, 15) is 8.42 Å². The number of unbranched alkanes of at least 4 members (excludes halogenated alkanes) is 1. The summed E-state index contributed by atoms with van der Waals surface area (Å²) in [6.07, 6.45) is 4.72. The van der Waals surface area contributed by atoms with E-state index >= 15 is 0 Å². The second-order valence-electron chi connectivity index (χ2n) is 5.09. The lowest BCUT2D eigenvalue weighted by molar-refractivity contribution is 0.473. The molecule has 0 saturated heterocycles. The lowest BCUT2D eigenvalue weighted by Gasteiger charge is -2.17. The van der Waals surface area contributed by atoms with Crippen LogP contribution in [0.25, 0.3) is 0 Å². The third kappa shape index (κ3) is 5.02. The van der Waals surface area contributed by atoms with Gasteiger partial charge in [-0.1, -0.05) is 33.1 Å². The summed E-state index contributed by atoms with van der Waals surface area (Å²) in [5.74, 6) is 0.604. The minimum Gasteiger partial charge on any atom is -0.397 e. The maximum absolute atomic E-state index is 11.2. The second kappa shape index (κ2) is 7.50. The molecule has 1 rings (SSSR count). The Kier molecular flexibility index (Phi) is 6.29. The van der Waals surface area contributed by atoms with Crippen LogP contribution < -0.4 is 16.2 Å². The Morgan fingerprint density at radius 3 is 2.50 bits per heavy atom. The molecule has 1 aromatic rings. The molecular formula is C14H25N3O2S. The predicted octanol–water partition coefficient (Wildman–Crippen LogP) is 2.54. The number of nitrogen functional groups attached to an aromatic ring is 1. The first-order chi connectivity index (χ1) is 9.38. The summed E-state index contributed by atoms with van der Waals surface area (Å²) in [7, 11) is -3.70. The van der Waals surface area contributed by atoms with Gasteiger partial charge in [0.1, 0.15) is 0 Å². The molecule has 1 atom stereocenters. The molecule has 0 aromatic heterocycles. The Morgan fingerprint density at radius 2 is 2.00 bits per heavy atom. The van der Waals surface area contributed by atoms with Gasteiger partial charge >= 0.3 is 0 Å². The van der Waals surface area contributed by atoms with Crippen LogP contribution in [0.15, 0.2) is 23.1 Å². The lowest BCUT2D eigenvalue weighted by atomic mass is 9.99. The molecule has 1 unspecified atom stereocenters. The first-order valence-corrected chi connectivity index (χ1v) is 8.59. The number of anilines is 2. The summed E-state index contributed by atoms with van der Waals surface area (Å²) < 4.78 is 22.5. The van der Waals surface area contributed by atoms with E-state index in [1.165, 1.54) is 31.4 Å². The number of nitrogens with two attached hydrogens (primary N) is 2. The van der Waals surface area contributed by atoms with Crippen molar-refractivity contribution in [2.45, 2.75) is 44.4 Å². The molecule has 5 N–H and O–H groups in total. The number of nitrogens with one attached hydrogen (secondary N) is 1. The minimum absolute atomic E-state index is 0.0403. The molecule has 0 fully saturated rings. The largest absolute Gasteiger partial charge is 0.397 e. The first-order valence-electron chi connectivity index (χ1n) is 7.04. The summed E-state index contributed by atoms with van der Waals surface area (Å²) in [5, 5.41) is 8.36. The molecule has 0 saturated carbocycles. The Morgan fingerprint density at radius 1 is 1.30 bits per heavy atom. The number of hydrogen-bond acceptors (Lipinski definition) is 4. The fourth-order valence-electron chi connectivity index (χ4n) is 2.08. The van der Waals surface area contributed by atoms with Crippen molar-refractivity contribution in [1.29, 1.82) is 0 Å². The molecule has 0 aliphatic carbocycles. The molecule has 1 aromatic carbocycles. The maximum Gasteiger partial charge on any atom is 0.238 e. The van der Waals surface area contributed by atoms with Gasteiger partial charge in [0.05, 0.1) is 16.3 Å². The standard InChI is InChI=1S/C14H25N3O2S/c1-3-5-6-11(4-2)10-17-14-8-7-12(9-13(14)15)20(16,18)19/h7-9,11,17H,3-6,10,15H2,1-2H3,(H2,16,18,19). The average molecular weight is 299 g/mol. The number of hydrogen-bond donors (Lipinski definition) is 3. The third-order valence-electron chi connectivity index (χ3n) is 3.48. The van der Waals surface area contributed by atoms with E-state index in [0.717, 1.165) is 18.7 Å². The van der Waals surface area contributed by atoms with Gasteiger partial charge in [0, 0.05) is 6.54 Å². The molecule has 0 aliphatic heterocycles. The van der Waals surface area contributed by atoms with Crippen molar-refractivity contribution in [3.8, 4) is 0 Å². The van der Waals surface area contributed by atoms with E-state index < -0.39 is 10.0 Å². The Labute approximate surface area is 121 Å². The van der Waals surface area contributed by atoms with E-state index in [1.54, 1.807) is 6.07 Å². The van der Waals surface area contributed by atoms with Crippen molar-refractivity contribution in [3.63, 3.8) is 0 Å². The van der Waals surface area contributed by atoms with E-state index in [1.807, 2.05) is 0 Å². The van der Waals surface area contributed by atoms with Gasteiger partial charge in [-0.2, -0.15) is 0 Å². The number of benzene rings is 1. The van der Waals surface area contributed by atoms with Gasteiger partial charge in [-0.05, 0) is 30.5 Å². The van der Waals surface area contributed by atoms with Crippen LogP contribution in [-0.2, 0) is 10.0 Å². The molecule has 0 aliphatic rings. The van der Waals surface area contributed by atoms with Gasteiger partial charge in [0.25, 0.3) is 0 Å². The summed E-state index contributed by atoms with van der Waals surface area (Å²) >= 11 is 0. The summed E-state index contributed by atoms with van der Waals surface area (Å²) in [6.45, 7) is 5.20. The fraction of sp³-hybridized carbons (Fsp3) is 0.571. The lowest BCUT2D eigenvalue weighted by Crippen LogP contribution is -2.16. The third-order valence-corrected chi connectivity index (χ3v) is 4.39. The van der Waals surface area contributed by atoms with Crippen molar-refractivity contribution in [1.82, 2.24) is 0 Å². The van der Waals surface area contributed by atoms with Crippen LogP contribution >= 0.6 is 0 Å². The molecule has 20 heavy (non-hydrogen) atoms. The molecule has 0 radical (unpaired) electrons. The van der Waals surface area contributed by atoms with Crippen molar-refractivity contribution < 1.29 is 8.42 Å². The molecule has 5 nitrogen and oxygen atoms in total. The van der Waals surface area contributed by atoms with Gasteiger partial charge in [-0.3, -0.25) is 0 Å². The van der Waals surface area contributed by atoms with Crippen molar-refractivity contribution >= 4 is 21.4 Å². The van der Waals surface area contributed by atoms with Crippen LogP contribution in [0.3, 0.4) is 0 Å². The highest BCUT2D eigenvalue weighted by Gasteiger charge is 2.11. The molecule has 0 heterocycles. The highest BCUT2D eigenvalue weighted by Crippen LogP contribution is 2.23. The van der Waals surface area contributed by atoms with E-state index in [2.05, 4.69) is 19.2 Å². The number of primary sulfonamides is 1. The Hall–Kier alpha value is -1.27. The molecule has 114 valence electrons. The zero-order valence-corrected chi connectivity index (χ0v) is 13.0. The monoisotopic (exact) mass is 299 g/mol. The van der Waals surface area contributed by atoms with Crippen molar-refractivity contribution in [2.24, 2.45) is 11.1 Å². The van der Waals surface area contributed by atoms with Crippen LogP contribution in [0.2, 0.25) is 0 Å². The second-order valence-corrected chi connectivity index (χ2v) is 6.65. The van der Waals surface area contributed by atoms with Crippen LogP contribution in [0.1, 0.15) is 39.5 Å². The van der Waals surface area contributed by atoms with Gasteiger partial charge in [-0.15, -0.1) is 0 Å². The number of rotatable bonds is 8. The van der Waals surface area contributed by atoms with E-state index in [0.29, 0.717) is 11.6 Å². The maximum atomic E-state index is 11.2. The predicted molar refractivity (Wildman–Crippen MR) is 84.0 cm³/mol. The Bertz CT molecular complexity index is 529. The highest BCUT2D eigenvalue weighted by atomic mass is 32.2. The minimum atomic E-state index is -3.70. The molecule has 0 amide bonds. The molecule has 0 spiro atoms. The zero-order chi connectivity index (χ0) is 15.2. The fourth-order valence-corrected chi connectivity index (χ4v) is 2.63. The number of sulfonamides is 1. The van der Waals surface area contributed by atoms with Gasteiger partial charge in [-0.25, -0.2) is 13.6 Å². The van der Waals surface area contributed by atoms with E-state index in [-0.39, 0.29) is 4.90 Å². The SMILES string of the molecule is CCCCC(CC)CNc1ccc(S(N)(=O)=O)cc1N. The van der Waals surface area contributed by atoms with Gasteiger partial charge in [0.2, 0.25) is 10.0 Å². The molecular weight excluding hydrogens is 274 g/mol. The average Bonchev–Trinajstić information content (AvgIpc) is 2.39. The summed E-state index contributed by atoms with van der Waals surface area (Å²) in [6, 6.07) is 4.54. The van der Waals surface area contributed by atoms with E-state index in [4.69, 9.17) is 10.9 Å². The molecule has 6 heteroatoms. The highest BCUT2D eigenvalue weighted by molar-refractivity contribution is 7.89. The topological polar surface area (TPSA) is 98.2 Å². The van der Waals surface area contributed by atoms with Gasteiger partial charge < -0.3 is 11.1 Å². The van der Waals surface area contributed by atoms with Crippen molar-refractivity contribution in [3.05, 3.63) is 18.2 Å². The van der Waals surface area contributed by atoms with Gasteiger partial charge in [0.15, 0.2) is 0 Å². The van der Waals surface area contributed by atoms with Crippen LogP contribution in [0.4, 0.5) is 11.4 Å². The van der Waals surface area contributed by atoms with Crippen LogP contribution in [-0.4, -0.2) is 15.0 Å². The first kappa shape index (κ1) is 16.8. The zero-order valence-electron chi connectivity index (χ0n) is 12.2. The van der Waals surface area contributed by atoms with Crippen LogP contribution in [0.5, 0.6) is 0 Å². The van der Waals surface area contributed by atoms with Crippen molar-refractivity contribution in [2.75, 3.05) is 17.6 Å². The van der Waals surface area contributed by atoms with Crippen LogP contribution in [0, 0.1) is 5.92 Å².